The van der Waals surface area contributed by atoms with Crippen molar-refractivity contribution in [3.05, 3.63) is 10.1 Å². The summed E-state index contributed by atoms with van der Waals surface area (Å²) >= 11 is 0. The standard InChI is InChI=1S/C21H42N6O5/c1-3-5-7-9-11-16-26(17-12-10-8-6-4-2)19(28)18(24-21(29)30)14-13-15-23-20(22)25-27(31)32/h18,24H,3-17H2,1-2H3,(H,29,30)(H3,22,23,25)/t18-/m0/s1. The zero-order valence-electron chi connectivity index (χ0n) is 19.7. The van der Waals surface area contributed by atoms with Crippen LogP contribution in [0.1, 0.15) is 90.9 Å². The van der Waals surface area contributed by atoms with E-state index in [0.717, 1.165) is 51.4 Å². The molecule has 0 aromatic rings. The van der Waals surface area contributed by atoms with Crippen molar-refractivity contribution in [3.63, 3.8) is 0 Å². The number of rotatable bonds is 19. The van der Waals surface area contributed by atoms with Crippen molar-refractivity contribution in [2.45, 2.75) is 96.9 Å². The number of hydrogen-bond acceptors (Lipinski definition) is 5. The summed E-state index contributed by atoms with van der Waals surface area (Å²) in [6.45, 7) is 5.68. The molecule has 0 spiro atoms. The average Bonchev–Trinajstić information content (AvgIpc) is 2.72. The molecule has 0 saturated heterocycles. The van der Waals surface area contributed by atoms with Crippen molar-refractivity contribution in [1.29, 1.82) is 0 Å². The highest BCUT2D eigenvalue weighted by Gasteiger charge is 2.25. The molecule has 1 atom stereocenters. The minimum Gasteiger partial charge on any atom is -0.465 e. The van der Waals surface area contributed by atoms with Gasteiger partial charge in [-0.05, 0) is 25.7 Å². The molecule has 0 rings (SSSR count). The second kappa shape index (κ2) is 19.1. The molecular formula is C21H42N6O5. The molecular weight excluding hydrogens is 416 g/mol. The van der Waals surface area contributed by atoms with E-state index in [1.54, 1.807) is 10.3 Å². The van der Waals surface area contributed by atoms with Gasteiger partial charge >= 0.3 is 6.09 Å². The van der Waals surface area contributed by atoms with E-state index < -0.39 is 17.2 Å². The number of guanidine groups is 1. The predicted octanol–water partition coefficient (Wildman–Crippen LogP) is 3.27. The summed E-state index contributed by atoms with van der Waals surface area (Å²) in [4.78, 5) is 40.3. The minimum atomic E-state index is -1.26. The van der Waals surface area contributed by atoms with Crippen molar-refractivity contribution >= 4 is 18.0 Å². The van der Waals surface area contributed by atoms with Crippen LogP contribution in [0.3, 0.4) is 0 Å². The van der Waals surface area contributed by atoms with Crippen LogP contribution < -0.4 is 16.5 Å². The fourth-order valence-electron chi connectivity index (χ4n) is 3.40. The van der Waals surface area contributed by atoms with Gasteiger partial charge in [0, 0.05) is 19.6 Å². The van der Waals surface area contributed by atoms with E-state index in [0.29, 0.717) is 19.5 Å². The first-order valence-corrected chi connectivity index (χ1v) is 11.8. The summed E-state index contributed by atoms with van der Waals surface area (Å²) in [6, 6.07) is -0.876. The number of carbonyl (C=O) groups is 2. The summed E-state index contributed by atoms with van der Waals surface area (Å²) in [5.74, 6) is -0.552. The van der Waals surface area contributed by atoms with Crippen molar-refractivity contribution in [2.24, 2.45) is 10.7 Å². The highest BCUT2D eigenvalue weighted by atomic mass is 16.7. The van der Waals surface area contributed by atoms with Crippen molar-refractivity contribution in [3.8, 4) is 0 Å². The molecule has 2 amide bonds. The lowest BCUT2D eigenvalue weighted by Crippen LogP contribution is -2.49. The zero-order chi connectivity index (χ0) is 24.2. The molecule has 0 aromatic heterocycles. The van der Waals surface area contributed by atoms with E-state index >= 15 is 0 Å². The minimum absolute atomic E-state index is 0.145. The highest BCUT2D eigenvalue weighted by molar-refractivity contribution is 5.85. The number of carboxylic acid groups (broad SMARTS) is 1. The summed E-state index contributed by atoms with van der Waals surface area (Å²) in [6.07, 6.45) is 10.1. The molecule has 0 bridgehead atoms. The number of nitrogens with zero attached hydrogens (tertiary/aromatic N) is 3. The van der Waals surface area contributed by atoms with Crippen LogP contribution in [0.5, 0.6) is 0 Å². The Morgan fingerprint density at radius 1 is 1.00 bits per heavy atom. The Balaban J connectivity index is 4.90. The largest absolute Gasteiger partial charge is 0.465 e. The molecule has 0 fully saturated rings. The van der Waals surface area contributed by atoms with Crippen LogP contribution in [0.25, 0.3) is 0 Å². The number of hydrazine groups is 1. The van der Waals surface area contributed by atoms with Crippen molar-refractivity contribution in [2.75, 3.05) is 19.6 Å². The van der Waals surface area contributed by atoms with Gasteiger partial charge in [-0.1, -0.05) is 70.6 Å². The maximum absolute atomic E-state index is 13.1. The molecule has 186 valence electrons. The third-order valence-electron chi connectivity index (χ3n) is 5.11. The Morgan fingerprint density at radius 2 is 1.53 bits per heavy atom. The first-order valence-electron chi connectivity index (χ1n) is 11.8. The number of amides is 2. The van der Waals surface area contributed by atoms with Crippen molar-refractivity contribution < 1.29 is 19.7 Å². The normalized spacial score (nSPS) is 12.2. The molecule has 0 aliphatic rings. The third-order valence-corrected chi connectivity index (χ3v) is 5.11. The Bertz CT molecular complexity index is 559. The lowest BCUT2D eigenvalue weighted by Gasteiger charge is -2.27. The average molecular weight is 459 g/mol. The van der Waals surface area contributed by atoms with Gasteiger partial charge in [-0.2, -0.15) is 0 Å². The second-order valence-corrected chi connectivity index (χ2v) is 7.93. The highest BCUT2D eigenvalue weighted by Crippen LogP contribution is 2.11. The molecule has 0 saturated carbocycles. The van der Waals surface area contributed by atoms with E-state index in [1.165, 1.54) is 12.8 Å². The molecule has 0 radical (unpaired) electrons. The van der Waals surface area contributed by atoms with Crippen LogP contribution in [0.15, 0.2) is 4.99 Å². The lowest BCUT2D eigenvalue weighted by atomic mass is 10.1. The second-order valence-electron chi connectivity index (χ2n) is 7.93. The summed E-state index contributed by atoms with van der Waals surface area (Å²) < 4.78 is 0. The Labute approximate surface area is 191 Å². The van der Waals surface area contributed by atoms with Crippen LogP contribution in [-0.4, -0.2) is 58.7 Å². The number of nitro groups is 1. The van der Waals surface area contributed by atoms with Gasteiger partial charge in [-0.25, -0.2) is 19.9 Å². The molecule has 0 heterocycles. The molecule has 0 aromatic carbocycles. The van der Waals surface area contributed by atoms with E-state index in [4.69, 9.17) is 5.73 Å². The number of nitrogens with two attached hydrogens (primary N) is 1. The first-order chi connectivity index (χ1) is 15.3. The predicted molar refractivity (Wildman–Crippen MR) is 125 cm³/mol. The number of unbranched alkanes of at least 4 members (excludes halogenated alkanes) is 8. The number of aliphatic imine (C=N–C) groups is 1. The Hall–Kier alpha value is -2.59. The van der Waals surface area contributed by atoms with E-state index in [1.807, 2.05) is 0 Å². The van der Waals surface area contributed by atoms with Gasteiger partial charge in [-0.15, -0.1) is 0 Å². The molecule has 0 aliphatic carbocycles. The topological polar surface area (TPSA) is 163 Å². The van der Waals surface area contributed by atoms with Gasteiger partial charge in [0.05, 0.1) is 0 Å². The first kappa shape index (κ1) is 29.4. The number of hydrogen-bond donors (Lipinski definition) is 4. The fourth-order valence-corrected chi connectivity index (χ4v) is 3.40. The van der Waals surface area contributed by atoms with Gasteiger partial charge in [0.15, 0.2) is 5.03 Å². The van der Waals surface area contributed by atoms with Gasteiger partial charge in [0.25, 0.3) is 5.96 Å². The maximum Gasteiger partial charge on any atom is 0.405 e. The summed E-state index contributed by atoms with van der Waals surface area (Å²) in [5, 5.41) is 21.0. The SMILES string of the molecule is CCCCCCCN(CCCCCCC)C(=O)[C@H](CCCN=C(N)N[N+](=O)[O-])NC(=O)O. The lowest BCUT2D eigenvalue weighted by molar-refractivity contribution is -0.525. The van der Waals surface area contributed by atoms with Crippen molar-refractivity contribution in [1.82, 2.24) is 15.6 Å². The van der Waals surface area contributed by atoms with Gasteiger partial charge in [0.1, 0.15) is 6.04 Å². The zero-order valence-corrected chi connectivity index (χ0v) is 19.7. The van der Waals surface area contributed by atoms with Crippen LogP contribution in [0.2, 0.25) is 0 Å². The van der Waals surface area contributed by atoms with E-state index in [2.05, 4.69) is 24.2 Å². The monoisotopic (exact) mass is 458 g/mol. The third kappa shape index (κ3) is 16.1. The van der Waals surface area contributed by atoms with E-state index in [9.17, 15) is 24.8 Å². The van der Waals surface area contributed by atoms with Gasteiger partial charge in [-0.3, -0.25) is 4.79 Å². The number of nitrogens with one attached hydrogen (secondary N) is 2. The molecule has 0 aliphatic heterocycles. The Kier molecular flexibility index (Phi) is 17.6. The molecule has 11 nitrogen and oxygen atoms in total. The molecule has 32 heavy (non-hydrogen) atoms. The van der Waals surface area contributed by atoms with Crippen LogP contribution in [0, 0.1) is 10.1 Å². The quantitative estimate of drug-likeness (QED) is 0.0758. The number of carbonyl (C=O) groups excluding carboxylic acids is 1. The summed E-state index contributed by atoms with van der Waals surface area (Å²) in [7, 11) is 0. The van der Waals surface area contributed by atoms with E-state index in [-0.39, 0.29) is 24.8 Å². The van der Waals surface area contributed by atoms with Gasteiger partial charge < -0.3 is 21.1 Å². The van der Waals surface area contributed by atoms with Crippen LogP contribution >= 0.6 is 0 Å². The van der Waals surface area contributed by atoms with Crippen LogP contribution in [-0.2, 0) is 4.79 Å². The fraction of sp³-hybridized carbons (Fsp3) is 0.857. The Morgan fingerprint density at radius 3 is 2.00 bits per heavy atom. The smallest absolute Gasteiger partial charge is 0.405 e. The van der Waals surface area contributed by atoms with Gasteiger partial charge in [0.2, 0.25) is 5.91 Å². The molecule has 11 heteroatoms. The molecule has 0 unspecified atom stereocenters. The molecule has 5 N–H and O–H groups in total. The summed E-state index contributed by atoms with van der Waals surface area (Å²) in [5.41, 5.74) is 7.12. The van der Waals surface area contributed by atoms with Crippen LogP contribution in [0.4, 0.5) is 4.79 Å². The maximum atomic E-state index is 13.1.